The fraction of sp³-hybridized carbons (Fsp3) is 0.273. The molecule has 1 aromatic rings. The molecule has 0 saturated heterocycles. The van der Waals surface area contributed by atoms with Gasteiger partial charge in [0, 0.05) is 6.42 Å². The molecule has 3 heteroatoms. The van der Waals surface area contributed by atoms with E-state index in [9.17, 15) is 4.79 Å². The molecule has 1 aliphatic rings. The molecule has 0 aromatic carbocycles. The van der Waals surface area contributed by atoms with Crippen LogP contribution in [0.5, 0.6) is 0 Å². The standard InChI is InChI=1S/C11H12N2O/c1-2-10-12-9-7-5-3-4-6-8(9)11(14)13-10/h3-4,6-7H,2,5H2,1H3,(H,12,13,14). The number of nitrogens with one attached hydrogen (secondary N) is 1. The van der Waals surface area contributed by atoms with Crippen molar-refractivity contribution >= 4 is 12.2 Å². The van der Waals surface area contributed by atoms with Crippen molar-refractivity contribution in [1.82, 2.24) is 9.97 Å². The number of allylic oxidation sites excluding steroid dienone is 2. The van der Waals surface area contributed by atoms with Crippen molar-refractivity contribution in [3.8, 4) is 0 Å². The lowest BCUT2D eigenvalue weighted by molar-refractivity contribution is 0.891. The third kappa shape index (κ3) is 1.53. The Bertz CT molecular complexity index is 537. The van der Waals surface area contributed by atoms with Crippen LogP contribution in [0.3, 0.4) is 0 Å². The smallest absolute Gasteiger partial charge is 0.258 e. The molecule has 0 unspecified atom stereocenters. The van der Waals surface area contributed by atoms with E-state index in [-0.39, 0.29) is 5.56 Å². The minimum atomic E-state index is -0.0466. The van der Waals surface area contributed by atoms with Gasteiger partial charge in [-0.1, -0.05) is 25.2 Å². The van der Waals surface area contributed by atoms with E-state index in [0.717, 1.165) is 24.0 Å². The number of rotatable bonds is 1. The maximum atomic E-state index is 11.6. The monoisotopic (exact) mass is 188 g/mol. The summed E-state index contributed by atoms with van der Waals surface area (Å²) >= 11 is 0. The van der Waals surface area contributed by atoms with Crippen LogP contribution in [-0.4, -0.2) is 9.97 Å². The molecule has 1 aromatic heterocycles. The molecule has 72 valence electrons. The predicted octanol–water partition coefficient (Wildman–Crippen LogP) is -0.147. The maximum absolute atomic E-state index is 11.6. The summed E-state index contributed by atoms with van der Waals surface area (Å²) in [5.74, 6) is 0.750. The Kier molecular flexibility index (Phi) is 2.31. The molecular formula is C11H12N2O. The Morgan fingerprint density at radius 2 is 2.43 bits per heavy atom. The summed E-state index contributed by atoms with van der Waals surface area (Å²) < 4.78 is 0. The highest BCUT2D eigenvalue weighted by atomic mass is 16.1. The van der Waals surface area contributed by atoms with E-state index in [2.05, 4.69) is 9.97 Å². The zero-order valence-electron chi connectivity index (χ0n) is 8.08. The summed E-state index contributed by atoms with van der Waals surface area (Å²) in [4.78, 5) is 18.7. The molecule has 1 heterocycles. The SMILES string of the molecule is CCc1nc2c(c(=O)[nH]1)=CC=CCC=2. The summed E-state index contributed by atoms with van der Waals surface area (Å²) in [6.45, 7) is 1.98. The van der Waals surface area contributed by atoms with Gasteiger partial charge < -0.3 is 4.98 Å². The van der Waals surface area contributed by atoms with E-state index in [1.165, 1.54) is 0 Å². The van der Waals surface area contributed by atoms with Crippen LogP contribution < -0.4 is 16.1 Å². The molecule has 0 saturated carbocycles. The van der Waals surface area contributed by atoms with Gasteiger partial charge in [-0.25, -0.2) is 4.98 Å². The van der Waals surface area contributed by atoms with Gasteiger partial charge >= 0.3 is 0 Å². The number of nitrogens with zero attached hydrogens (tertiary/aromatic N) is 1. The van der Waals surface area contributed by atoms with E-state index in [4.69, 9.17) is 0 Å². The molecule has 0 radical (unpaired) electrons. The first-order chi connectivity index (χ1) is 6.81. The molecule has 0 spiro atoms. The Balaban J connectivity index is 2.84. The highest BCUT2D eigenvalue weighted by molar-refractivity contribution is 5.41. The third-order valence-electron chi connectivity index (χ3n) is 2.21. The van der Waals surface area contributed by atoms with E-state index >= 15 is 0 Å². The molecule has 1 N–H and O–H groups in total. The van der Waals surface area contributed by atoms with Gasteiger partial charge in [0.05, 0.1) is 10.6 Å². The quantitative estimate of drug-likeness (QED) is 0.666. The highest BCUT2D eigenvalue weighted by Gasteiger charge is 1.98. The minimum absolute atomic E-state index is 0.0466. The van der Waals surface area contributed by atoms with Crippen LogP contribution >= 0.6 is 0 Å². The zero-order valence-corrected chi connectivity index (χ0v) is 8.08. The summed E-state index contributed by atoms with van der Waals surface area (Å²) in [6, 6.07) is 0. The van der Waals surface area contributed by atoms with Gasteiger partial charge in [0.25, 0.3) is 5.56 Å². The van der Waals surface area contributed by atoms with Gasteiger partial charge in [0.15, 0.2) is 0 Å². The number of fused-ring (bicyclic) bond motifs is 1. The number of hydrogen-bond acceptors (Lipinski definition) is 2. The number of aromatic amines is 1. The first-order valence-electron chi connectivity index (χ1n) is 4.77. The fourth-order valence-corrected chi connectivity index (χ4v) is 1.45. The van der Waals surface area contributed by atoms with Gasteiger partial charge in [0.1, 0.15) is 5.82 Å². The number of aromatic nitrogens is 2. The normalized spacial score (nSPS) is 13.8. The van der Waals surface area contributed by atoms with Crippen molar-refractivity contribution in [3.63, 3.8) is 0 Å². The molecule has 0 atom stereocenters. The largest absolute Gasteiger partial charge is 0.310 e. The van der Waals surface area contributed by atoms with Crippen LogP contribution in [0.1, 0.15) is 19.2 Å². The average molecular weight is 188 g/mol. The van der Waals surface area contributed by atoms with Gasteiger partial charge in [0.2, 0.25) is 0 Å². The molecule has 0 bridgehead atoms. The van der Waals surface area contributed by atoms with Crippen molar-refractivity contribution in [2.45, 2.75) is 19.8 Å². The van der Waals surface area contributed by atoms with Crippen LogP contribution in [0, 0.1) is 0 Å². The van der Waals surface area contributed by atoms with Crippen molar-refractivity contribution in [1.29, 1.82) is 0 Å². The van der Waals surface area contributed by atoms with E-state index in [0.29, 0.717) is 5.22 Å². The summed E-state index contributed by atoms with van der Waals surface area (Å²) in [6.07, 6.45) is 9.28. The molecule has 2 rings (SSSR count). The van der Waals surface area contributed by atoms with E-state index in [1.807, 2.05) is 31.2 Å². The van der Waals surface area contributed by atoms with Crippen molar-refractivity contribution in [3.05, 3.63) is 38.9 Å². The minimum Gasteiger partial charge on any atom is -0.310 e. The lowest BCUT2D eigenvalue weighted by Crippen LogP contribution is -2.43. The molecule has 1 aliphatic carbocycles. The second kappa shape index (κ2) is 3.62. The van der Waals surface area contributed by atoms with Gasteiger partial charge in [-0.05, 0) is 12.5 Å². The molecule has 0 aliphatic heterocycles. The first kappa shape index (κ1) is 8.94. The predicted molar refractivity (Wildman–Crippen MR) is 56.2 cm³/mol. The van der Waals surface area contributed by atoms with Crippen LogP contribution in [0.25, 0.3) is 12.2 Å². The second-order valence-corrected chi connectivity index (χ2v) is 3.20. The Morgan fingerprint density at radius 3 is 3.21 bits per heavy atom. The second-order valence-electron chi connectivity index (χ2n) is 3.20. The fourth-order valence-electron chi connectivity index (χ4n) is 1.45. The number of H-pyrrole nitrogens is 1. The third-order valence-corrected chi connectivity index (χ3v) is 2.21. The lowest BCUT2D eigenvalue weighted by Gasteiger charge is -1.95. The molecule has 14 heavy (non-hydrogen) atoms. The van der Waals surface area contributed by atoms with Crippen molar-refractivity contribution in [2.24, 2.45) is 0 Å². The summed E-state index contributed by atoms with van der Waals surface area (Å²) in [7, 11) is 0. The average Bonchev–Trinajstić information content (AvgIpc) is 2.42. The zero-order chi connectivity index (χ0) is 9.97. The Labute approximate surface area is 81.5 Å². The molecule has 3 nitrogen and oxygen atoms in total. The number of hydrogen-bond donors (Lipinski definition) is 1. The molecule has 0 amide bonds. The first-order valence-corrected chi connectivity index (χ1v) is 4.77. The summed E-state index contributed by atoms with van der Waals surface area (Å²) in [5, 5.41) is 1.46. The van der Waals surface area contributed by atoms with Crippen molar-refractivity contribution < 1.29 is 0 Å². The van der Waals surface area contributed by atoms with E-state index in [1.54, 1.807) is 0 Å². The highest BCUT2D eigenvalue weighted by Crippen LogP contribution is 1.87. The topological polar surface area (TPSA) is 45.8 Å². The van der Waals surface area contributed by atoms with Crippen LogP contribution in [0.4, 0.5) is 0 Å². The van der Waals surface area contributed by atoms with Gasteiger partial charge in [-0.2, -0.15) is 0 Å². The van der Waals surface area contributed by atoms with Gasteiger partial charge in [-0.15, -0.1) is 0 Å². The maximum Gasteiger partial charge on any atom is 0.258 e. The van der Waals surface area contributed by atoms with Crippen molar-refractivity contribution in [2.75, 3.05) is 0 Å². The summed E-state index contributed by atoms with van der Waals surface area (Å²) in [5.41, 5.74) is -0.0466. The van der Waals surface area contributed by atoms with E-state index < -0.39 is 0 Å². The van der Waals surface area contributed by atoms with Gasteiger partial charge in [-0.3, -0.25) is 4.79 Å². The van der Waals surface area contributed by atoms with Crippen LogP contribution in [0.2, 0.25) is 0 Å². The Morgan fingerprint density at radius 1 is 1.57 bits per heavy atom. The van der Waals surface area contributed by atoms with Crippen LogP contribution in [0.15, 0.2) is 16.9 Å². The Hall–Kier alpha value is -1.64. The molecule has 0 fully saturated rings. The molecular weight excluding hydrogens is 176 g/mol. The lowest BCUT2D eigenvalue weighted by atomic mass is 10.3. The number of aryl methyl sites for hydroxylation is 1. The van der Waals surface area contributed by atoms with Crippen LogP contribution in [-0.2, 0) is 6.42 Å².